The number of carbonyl (C=O) groups is 1. The molecule has 0 radical (unpaired) electrons. The number of hydrogen-bond acceptors (Lipinski definition) is 2. The number of aliphatic imine (C=N–C) groups is 1. The summed E-state index contributed by atoms with van der Waals surface area (Å²) in [7, 11) is 0. The van der Waals surface area contributed by atoms with Crippen molar-refractivity contribution in [3.8, 4) is 0 Å². The lowest BCUT2D eigenvalue weighted by molar-refractivity contribution is -0.115. The topological polar surface area (TPSA) is 29.4 Å². The molecule has 0 bridgehead atoms. The maximum Gasteiger partial charge on any atom is 0.135 e. The van der Waals surface area contributed by atoms with Crippen LogP contribution in [0.5, 0.6) is 0 Å². The largest absolute Gasteiger partial charge is 0.300 e. The lowest BCUT2D eigenvalue weighted by Crippen LogP contribution is -2.12. The molecule has 0 aliphatic heterocycles. The first kappa shape index (κ1) is 10.4. The van der Waals surface area contributed by atoms with Gasteiger partial charge in [-0.25, -0.2) is 0 Å². The summed E-state index contributed by atoms with van der Waals surface area (Å²) in [5.74, 6) is 0.219. The second-order valence-electron chi connectivity index (χ2n) is 4.03. The fraction of sp³-hybridized carbons (Fsp3) is 0.818. The third-order valence-corrected chi connectivity index (χ3v) is 2.48. The number of nitrogens with zero attached hydrogens (tertiary/aromatic N) is 1. The Bertz CT molecular complexity index is 202. The van der Waals surface area contributed by atoms with Crippen molar-refractivity contribution in [2.45, 2.75) is 58.4 Å². The molecule has 0 unspecified atom stereocenters. The van der Waals surface area contributed by atoms with E-state index >= 15 is 0 Å². The fourth-order valence-electron chi connectivity index (χ4n) is 1.93. The van der Waals surface area contributed by atoms with Gasteiger partial charge < -0.3 is 0 Å². The number of ketones is 1. The van der Waals surface area contributed by atoms with Crippen LogP contribution in [0.25, 0.3) is 0 Å². The molecule has 1 rings (SSSR count). The van der Waals surface area contributed by atoms with Gasteiger partial charge in [0.2, 0.25) is 0 Å². The van der Waals surface area contributed by atoms with Gasteiger partial charge in [-0.2, -0.15) is 0 Å². The van der Waals surface area contributed by atoms with E-state index < -0.39 is 0 Å². The Labute approximate surface area is 80.4 Å². The van der Waals surface area contributed by atoms with Crippen molar-refractivity contribution in [3.05, 3.63) is 0 Å². The number of hydrogen-bond donors (Lipinski definition) is 0. The molecule has 0 aromatic heterocycles. The van der Waals surface area contributed by atoms with E-state index in [9.17, 15) is 4.79 Å². The molecule has 0 atom stereocenters. The summed E-state index contributed by atoms with van der Waals surface area (Å²) in [4.78, 5) is 15.4. The molecule has 0 heterocycles. The molecule has 13 heavy (non-hydrogen) atoms. The molecular formula is C11H19NO. The molecule has 0 N–H and O–H groups in total. The van der Waals surface area contributed by atoms with Gasteiger partial charge in [0, 0.05) is 18.2 Å². The van der Waals surface area contributed by atoms with Crippen molar-refractivity contribution in [2.24, 2.45) is 4.99 Å². The van der Waals surface area contributed by atoms with Gasteiger partial charge in [-0.05, 0) is 26.7 Å². The molecule has 0 spiro atoms. The van der Waals surface area contributed by atoms with Crippen LogP contribution in [-0.4, -0.2) is 17.5 Å². The summed E-state index contributed by atoms with van der Waals surface area (Å²) >= 11 is 0. The summed E-state index contributed by atoms with van der Waals surface area (Å²) in [5, 5.41) is 0. The van der Waals surface area contributed by atoms with Crippen molar-refractivity contribution in [1.82, 2.24) is 0 Å². The van der Waals surface area contributed by atoms with Crippen LogP contribution in [0.15, 0.2) is 4.99 Å². The zero-order chi connectivity index (χ0) is 9.68. The average Bonchev–Trinajstić information content (AvgIpc) is 2.04. The molecule has 1 aliphatic carbocycles. The van der Waals surface area contributed by atoms with Crippen LogP contribution in [0.4, 0.5) is 0 Å². The normalized spacial score (nSPS) is 20.3. The first-order valence-electron chi connectivity index (χ1n) is 5.21. The van der Waals surface area contributed by atoms with Crippen LogP contribution < -0.4 is 0 Å². The maximum absolute atomic E-state index is 10.8. The van der Waals surface area contributed by atoms with Crippen molar-refractivity contribution < 1.29 is 4.79 Å². The Hall–Kier alpha value is -0.660. The van der Waals surface area contributed by atoms with Crippen molar-refractivity contribution in [2.75, 3.05) is 0 Å². The van der Waals surface area contributed by atoms with Gasteiger partial charge in [0.1, 0.15) is 5.78 Å². The molecule has 0 saturated heterocycles. The van der Waals surface area contributed by atoms with E-state index in [0.717, 1.165) is 5.71 Å². The molecule has 1 fully saturated rings. The zero-order valence-electron chi connectivity index (χ0n) is 8.68. The molecule has 1 saturated carbocycles. The van der Waals surface area contributed by atoms with Crippen molar-refractivity contribution >= 4 is 11.5 Å². The van der Waals surface area contributed by atoms with Crippen molar-refractivity contribution in [3.63, 3.8) is 0 Å². The summed E-state index contributed by atoms with van der Waals surface area (Å²) < 4.78 is 0. The predicted octanol–water partition coefficient (Wildman–Crippen LogP) is 2.76. The Morgan fingerprint density at radius 1 is 1.23 bits per heavy atom. The highest BCUT2D eigenvalue weighted by molar-refractivity contribution is 5.99. The molecule has 0 aromatic rings. The Morgan fingerprint density at radius 3 is 2.38 bits per heavy atom. The van der Waals surface area contributed by atoms with Gasteiger partial charge in [-0.15, -0.1) is 0 Å². The number of carbonyl (C=O) groups excluding carboxylic acids is 1. The quantitative estimate of drug-likeness (QED) is 0.615. The summed E-state index contributed by atoms with van der Waals surface area (Å²) in [6.07, 6.45) is 6.95. The highest BCUT2D eigenvalue weighted by atomic mass is 16.1. The van der Waals surface area contributed by atoms with Gasteiger partial charge >= 0.3 is 0 Å². The molecule has 1 aliphatic rings. The van der Waals surface area contributed by atoms with E-state index in [1.807, 2.05) is 6.92 Å². The monoisotopic (exact) mass is 181 g/mol. The maximum atomic E-state index is 10.8. The van der Waals surface area contributed by atoms with Gasteiger partial charge in [-0.1, -0.05) is 19.3 Å². The molecule has 74 valence electrons. The van der Waals surface area contributed by atoms with E-state index in [0.29, 0.717) is 12.5 Å². The van der Waals surface area contributed by atoms with Gasteiger partial charge in [0.15, 0.2) is 0 Å². The third kappa shape index (κ3) is 4.20. The SMILES string of the molecule is CC(=O)CC(C)=NC1CCCCC1. The minimum Gasteiger partial charge on any atom is -0.300 e. The van der Waals surface area contributed by atoms with Crippen LogP contribution in [0.3, 0.4) is 0 Å². The predicted molar refractivity (Wildman–Crippen MR) is 55.3 cm³/mol. The van der Waals surface area contributed by atoms with Crippen LogP contribution in [0.1, 0.15) is 52.4 Å². The smallest absolute Gasteiger partial charge is 0.135 e. The summed E-state index contributed by atoms with van der Waals surface area (Å²) in [6, 6.07) is 0.508. The fourth-order valence-corrected chi connectivity index (χ4v) is 1.93. The van der Waals surface area contributed by atoms with Crippen molar-refractivity contribution in [1.29, 1.82) is 0 Å². The van der Waals surface area contributed by atoms with E-state index in [4.69, 9.17) is 0 Å². The minimum atomic E-state index is 0.219. The Balaban J connectivity index is 2.38. The lowest BCUT2D eigenvalue weighted by Gasteiger charge is -2.18. The minimum absolute atomic E-state index is 0.219. The molecule has 2 heteroatoms. The van der Waals surface area contributed by atoms with E-state index in [1.54, 1.807) is 6.92 Å². The summed E-state index contributed by atoms with van der Waals surface area (Å²) in [6.45, 7) is 3.59. The van der Waals surface area contributed by atoms with Crippen LogP contribution in [0, 0.1) is 0 Å². The van der Waals surface area contributed by atoms with E-state index in [2.05, 4.69) is 4.99 Å². The van der Waals surface area contributed by atoms with Crippen LogP contribution in [0.2, 0.25) is 0 Å². The van der Waals surface area contributed by atoms with Gasteiger partial charge in [0.25, 0.3) is 0 Å². The van der Waals surface area contributed by atoms with Crippen LogP contribution in [-0.2, 0) is 4.79 Å². The Kier molecular flexibility index (Phi) is 4.13. The van der Waals surface area contributed by atoms with Gasteiger partial charge in [0.05, 0.1) is 0 Å². The standard InChI is InChI=1S/C11H19NO/c1-9(8-10(2)13)12-11-6-4-3-5-7-11/h11H,3-8H2,1-2H3. The van der Waals surface area contributed by atoms with Gasteiger partial charge in [-0.3, -0.25) is 9.79 Å². The lowest BCUT2D eigenvalue weighted by atomic mass is 9.96. The molecule has 0 amide bonds. The first-order chi connectivity index (χ1) is 6.18. The molecular weight excluding hydrogens is 162 g/mol. The van der Waals surface area contributed by atoms with E-state index in [-0.39, 0.29) is 5.78 Å². The number of Topliss-reactive ketones (excluding diaryl/α,β-unsaturated/α-hetero) is 1. The number of rotatable bonds is 3. The molecule has 2 nitrogen and oxygen atoms in total. The molecule has 0 aromatic carbocycles. The summed E-state index contributed by atoms with van der Waals surface area (Å²) in [5.41, 5.74) is 1.01. The zero-order valence-corrected chi connectivity index (χ0v) is 8.68. The average molecular weight is 181 g/mol. The van der Waals surface area contributed by atoms with Crippen LogP contribution >= 0.6 is 0 Å². The highest BCUT2D eigenvalue weighted by Crippen LogP contribution is 2.20. The first-order valence-corrected chi connectivity index (χ1v) is 5.21. The third-order valence-electron chi connectivity index (χ3n) is 2.48. The second-order valence-corrected chi connectivity index (χ2v) is 4.03. The highest BCUT2D eigenvalue weighted by Gasteiger charge is 2.12. The van der Waals surface area contributed by atoms with E-state index in [1.165, 1.54) is 32.1 Å². The Morgan fingerprint density at radius 2 is 1.85 bits per heavy atom. The second kappa shape index (κ2) is 5.15.